The molecule has 0 fully saturated rings. The second-order valence-corrected chi connectivity index (χ2v) is 4.05. The third-order valence-electron chi connectivity index (χ3n) is 2.72. The second-order valence-electron chi connectivity index (χ2n) is 4.05. The minimum absolute atomic E-state index is 0.356. The lowest BCUT2D eigenvalue weighted by molar-refractivity contribution is -0.139. The average Bonchev–Trinajstić information content (AvgIpc) is 2.37. The van der Waals surface area contributed by atoms with Crippen molar-refractivity contribution in [2.75, 3.05) is 11.4 Å². The highest BCUT2D eigenvalue weighted by atomic mass is 19.2. The van der Waals surface area contributed by atoms with Gasteiger partial charge >= 0.3 is 11.9 Å². The van der Waals surface area contributed by atoms with E-state index in [-0.39, 0.29) is 6.54 Å². The number of rotatable bonds is 6. The van der Waals surface area contributed by atoms with E-state index >= 15 is 0 Å². The molecule has 5 nitrogen and oxygen atoms in total. The highest BCUT2D eigenvalue weighted by Gasteiger charge is 2.26. The second kappa shape index (κ2) is 6.27. The van der Waals surface area contributed by atoms with Crippen molar-refractivity contribution in [1.29, 1.82) is 0 Å². The van der Waals surface area contributed by atoms with Gasteiger partial charge in [0.15, 0.2) is 17.5 Å². The molecule has 0 aliphatic rings. The van der Waals surface area contributed by atoms with E-state index in [1.807, 2.05) is 0 Å². The van der Waals surface area contributed by atoms with Crippen LogP contribution in [0.2, 0.25) is 0 Å². The summed E-state index contributed by atoms with van der Waals surface area (Å²) in [5.74, 6) is -7.27. The molecule has 20 heavy (non-hydrogen) atoms. The third kappa shape index (κ3) is 3.40. The Labute approximate surface area is 112 Å². The van der Waals surface area contributed by atoms with E-state index in [0.29, 0.717) is 6.07 Å². The summed E-state index contributed by atoms with van der Waals surface area (Å²) >= 11 is 0. The van der Waals surface area contributed by atoms with Crippen LogP contribution in [0.1, 0.15) is 13.3 Å². The minimum atomic E-state index is -1.74. The van der Waals surface area contributed by atoms with Crippen LogP contribution < -0.4 is 4.90 Å². The lowest BCUT2D eigenvalue weighted by Gasteiger charge is -2.28. The first kappa shape index (κ1) is 15.8. The van der Waals surface area contributed by atoms with E-state index in [2.05, 4.69) is 0 Å². The number of carboxylic acids is 2. The summed E-state index contributed by atoms with van der Waals surface area (Å²) < 4.78 is 39.7. The predicted molar refractivity (Wildman–Crippen MR) is 63.0 cm³/mol. The van der Waals surface area contributed by atoms with Crippen LogP contribution >= 0.6 is 0 Å². The molecular formula is C12H12F3NO4. The third-order valence-corrected chi connectivity index (χ3v) is 2.72. The van der Waals surface area contributed by atoms with Crippen molar-refractivity contribution in [2.45, 2.75) is 19.4 Å². The lowest BCUT2D eigenvalue weighted by Crippen LogP contribution is -2.41. The maximum Gasteiger partial charge on any atom is 0.326 e. The normalized spacial score (nSPS) is 12.0. The van der Waals surface area contributed by atoms with Gasteiger partial charge in [0.05, 0.1) is 12.1 Å². The number of anilines is 1. The van der Waals surface area contributed by atoms with Gasteiger partial charge in [0.1, 0.15) is 6.04 Å². The van der Waals surface area contributed by atoms with Crippen molar-refractivity contribution < 1.29 is 33.0 Å². The number of hydrogen-bond donors (Lipinski definition) is 2. The van der Waals surface area contributed by atoms with Gasteiger partial charge in [-0.3, -0.25) is 4.79 Å². The van der Waals surface area contributed by atoms with Crippen LogP contribution in [0, 0.1) is 17.5 Å². The van der Waals surface area contributed by atoms with Gasteiger partial charge in [0.2, 0.25) is 0 Å². The first-order valence-corrected chi connectivity index (χ1v) is 5.60. The van der Waals surface area contributed by atoms with Gasteiger partial charge in [-0.05, 0) is 19.1 Å². The average molecular weight is 291 g/mol. The molecule has 0 aliphatic heterocycles. The van der Waals surface area contributed by atoms with Crippen molar-refractivity contribution in [1.82, 2.24) is 0 Å². The molecule has 1 aromatic carbocycles. The summed E-state index contributed by atoms with van der Waals surface area (Å²) in [6, 6.07) is 0.221. The zero-order chi connectivity index (χ0) is 15.4. The number of nitrogens with zero attached hydrogens (tertiary/aromatic N) is 1. The van der Waals surface area contributed by atoms with Crippen LogP contribution in [0.3, 0.4) is 0 Å². The maximum atomic E-state index is 13.7. The van der Waals surface area contributed by atoms with Gasteiger partial charge in [-0.25, -0.2) is 18.0 Å². The fraction of sp³-hybridized carbons (Fsp3) is 0.333. The first-order chi connectivity index (χ1) is 9.25. The fourth-order valence-corrected chi connectivity index (χ4v) is 1.61. The van der Waals surface area contributed by atoms with Crippen LogP contribution in [-0.2, 0) is 9.59 Å². The zero-order valence-corrected chi connectivity index (χ0v) is 10.4. The topological polar surface area (TPSA) is 77.8 Å². The number of aliphatic carboxylic acids is 2. The van der Waals surface area contributed by atoms with Gasteiger partial charge in [-0.1, -0.05) is 0 Å². The van der Waals surface area contributed by atoms with E-state index < -0.39 is 47.5 Å². The van der Waals surface area contributed by atoms with Crippen LogP contribution in [0.25, 0.3) is 0 Å². The number of benzene rings is 1. The summed E-state index contributed by atoms with van der Waals surface area (Å²) in [4.78, 5) is 22.3. The van der Waals surface area contributed by atoms with E-state index in [4.69, 9.17) is 10.2 Å². The number of hydrogen-bond acceptors (Lipinski definition) is 3. The molecule has 1 unspecified atom stereocenters. The molecule has 1 rings (SSSR count). The molecule has 0 saturated heterocycles. The van der Waals surface area contributed by atoms with E-state index in [1.165, 1.54) is 6.92 Å². The monoisotopic (exact) mass is 291 g/mol. The Morgan fingerprint density at radius 1 is 1.20 bits per heavy atom. The molecule has 0 saturated carbocycles. The van der Waals surface area contributed by atoms with Crippen LogP contribution in [-0.4, -0.2) is 34.7 Å². The van der Waals surface area contributed by atoms with Gasteiger partial charge in [-0.2, -0.15) is 0 Å². The van der Waals surface area contributed by atoms with Gasteiger partial charge < -0.3 is 15.1 Å². The Morgan fingerprint density at radius 2 is 1.80 bits per heavy atom. The summed E-state index contributed by atoms with van der Waals surface area (Å²) in [5, 5.41) is 17.5. The van der Waals surface area contributed by atoms with Crippen molar-refractivity contribution in [3.8, 4) is 0 Å². The van der Waals surface area contributed by atoms with Gasteiger partial charge in [0, 0.05) is 6.54 Å². The highest BCUT2D eigenvalue weighted by molar-refractivity contribution is 5.78. The molecule has 2 N–H and O–H groups in total. The van der Waals surface area contributed by atoms with Gasteiger partial charge in [-0.15, -0.1) is 0 Å². The smallest absolute Gasteiger partial charge is 0.326 e. The molecule has 1 aromatic rings. The summed E-state index contributed by atoms with van der Waals surface area (Å²) in [6.07, 6.45) is -0.476. The van der Waals surface area contributed by atoms with Crippen LogP contribution in [0.5, 0.6) is 0 Å². The van der Waals surface area contributed by atoms with Crippen molar-refractivity contribution in [3.05, 3.63) is 29.6 Å². The number of halogens is 3. The highest BCUT2D eigenvalue weighted by Crippen LogP contribution is 2.25. The standard InChI is InChI=1S/C12H12F3NO4/c1-6(12(19)20)16(5-4-9(17)18)8-3-2-7(13)10(14)11(8)15/h2-3,6H,4-5H2,1H3,(H,17,18)(H,19,20). The minimum Gasteiger partial charge on any atom is -0.481 e. The molecule has 110 valence electrons. The predicted octanol–water partition coefficient (Wildman–Crippen LogP) is 1.86. The molecule has 0 radical (unpaired) electrons. The van der Waals surface area contributed by atoms with Crippen molar-refractivity contribution in [2.24, 2.45) is 0 Å². The molecule has 1 atom stereocenters. The quantitative estimate of drug-likeness (QED) is 0.782. The maximum absolute atomic E-state index is 13.7. The van der Waals surface area contributed by atoms with Crippen LogP contribution in [0.15, 0.2) is 12.1 Å². The molecule has 0 bridgehead atoms. The Kier molecular flexibility index (Phi) is 4.95. The summed E-state index contributed by atoms with van der Waals surface area (Å²) in [6.45, 7) is 0.829. The Morgan fingerprint density at radius 3 is 2.30 bits per heavy atom. The Bertz CT molecular complexity index is 536. The fourth-order valence-electron chi connectivity index (χ4n) is 1.61. The number of carbonyl (C=O) groups is 2. The van der Waals surface area contributed by atoms with Crippen LogP contribution in [0.4, 0.5) is 18.9 Å². The van der Waals surface area contributed by atoms with E-state index in [1.54, 1.807) is 0 Å². The Hall–Kier alpha value is -2.25. The largest absolute Gasteiger partial charge is 0.481 e. The molecule has 0 spiro atoms. The van der Waals surface area contributed by atoms with E-state index in [0.717, 1.165) is 11.0 Å². The zero-order valence-electron chi connectivity index (χ0n) is 10.4. The molecule has 8 heteroatoms. The Balaban J connectivity index is 3.19. The first-order valence-electron chi connectivity index (χ1n) is 5.60. The van der Waals surface area contributed by atoms with Crippen molar-refractivity contribution in [3.63, 3.8) is 0 Å². The molecule has 0 heterocycles. The SMILES string of the molecule is CC(C(=O)O)N(CCC(=O)O)c1ccc(F)c(F)c1F. The number of carboxylic acid groups (broad SMARTS) is 2. The molecular weight excluding hydrogens is 279 g/mol. The molecule has 0 aliphatic carbocycles. The van der Waals surface area contributed by atoms with E-state index in [9.17, 15) is 22.8 Å². The lowest BCUT2D eigenvalue weighted by atomic mass is 10.2. The summed E-state index contributed by atoms with van der Waals surface area (Å²) in [7, 11) is 0. The molecule has 0 amide bonds. The molecule has 0 aromatic heterocycles. The van der Waals surface area contributed by atoms with Gasteiger partial charge in [0.25, 0.3) is 0 Å². The van der Waals surface area contributed by atoms with Crippen molar-refractivity contribution >= 4 is 17.6 Å². The summed E-state index contributed by atoms with van der Waals surface area (Å²) in [5.41, 5.74) is -0.500.